The molecule has 18 heavy (non-hydrogen) atoms. The van der Waals surface area contributed by atoms with Crippen molar-refractivity contribution in [2.75, 3.05) is 6.54 Å². The van der Waals surface area contributed by atoms with Crippen molar-refractivity contribution in [3.63, 3.8) is 0 Å². The Hall–Kier alpha value is -1.44. The largest absolute Gasteiger partial charge is 0.480 e. The summed E-state index contributed by atoms with van der Waals surface area (Å²) in [6, 6.07) is 1.66. The van der Waals surface area contributed by atoms with Crippen molar-refractivity contribution in [1.29, 1.82) is 0 Å². The van der Waals surface area contributed by atoms with Gasteiger partial charge < -0.3 is 20.8 Å². The summed E-state index contributed by atoms with van der Waals surface area (Å²) in [6.07, 6.45) is -0.747. The zero-order valence-corrected chi connectivity index (χ0v) is 10.3. The molecule has 2 heterocycles. The Balaban J connectivity index is 2.15. The molecule has 98 valence electrons. The summed E-state index contributed by atoms with van der Waals surface area (Å²) in [5, 5.41) is 20.3. The highest BCUT2D eigenvalue weighted by Crippen LogP contribution is 2.24. The Labute approximate surface area is 108 Å². The molecule has 1 aliphatic rings. The quantitative estimate of drug-likeness (QED) is 0.705. The van der Waals surface area contributed by atoms with Gasteiger partial charge in [-0.3, -0.25) is 4.79 Å². The molecule has 0 saturated carbocycles. The number of rotatable bonds is 3. The van der Waals surface area contributed by atoms with Gasteiger partial charge in [0.2, 0.25) is 5.91 Å². The van der Waals surface area contributed by atoms with E-state index in [2.05, 4.69) is 0 Å². The number of aliphatic hydroxyl groups excluding tert-OH is 1. The molecule has 3 atom stereocenters. The maximum absolute atomic E-state index is 12.1. The number of aliphatic hydroxyl groups is 1. The lowest BCUT2D eigenvalue weighted by molar-refractivity contribution is -0.148. The predicted octanol–water partition coefficient (Wildman–Crippen LogP) is -0.206. The van der Waals surface area contributed by atoms with Crippen LogP contribution in [0, 0.1) is 0 Å². The lowest BCUT2D eigenvalue weighted by Crippen LogP contribution is -2.44. The summed E-state index contributed by atoms with van der Waals surface area (Å²) in [4.78, 5) is 25.0. The fraction of sp³-hybridized carbons (Fsp3) is 0.455. The van der Waals surface area contributed by atoms with E-state index in [1.807, 2.05) is 0 Å². The topological polar surface area (TPSA) is 104 Å². The predicted molar refractivity (Wildman–Crippen MR) is 65.0 cm³/mol. The Bertz CT molecular complexity index is 448. The lowest BCUT2D eigenvalue weighted by atomic mass is 10.2. The first-order chi connectivity index (χ1) is 8.50. The zero-order valence-electron chi connectivity index (χ0n) is 9.52. The monoisotopic (exact) mass is 270 g/mol. The first kappa shape index (κ1) is 13.0. The van der Waals surface area contributed by atoms with Crippen molar-refractivity contribution in [3.05, 3.63) is 22.4 Å². The number of nitrogens with two attached hydrogens (primary N) is 1. The summed E-state index contributed by atoms with van der Waals surface area (Å²) in [5.74, 6) is -1.57. The van der Waals surface area contributed by atoms with Crippen LogP contribution in [-0.2, 0) is 9.59 Å². The van der Waals surface area contributed by atoms with Crippen molar-refractivity contribution < 1.29 is 19.8 Å². The van der Waals surface area contributed by atoms with Gasteiger partial charge in [-0.2, -0.15) is 0 Å². The smallest absolute Gasteiger partial charge is 0.326 e. The van der Waals surface area contributed by atoms with Crippen LogP contribution in [0.3, 0.4) is 0 Å². The molecule has 4 N–H and O–H groups in total. The number of nitrogens with zero attached hydrogens (tertiary/aromatic N) is 1. The zero-order chi connectivity index (χ0) is 13.3. The number of amides is 1. The summed E-state index contributed by atoms with van der Waals surface area (Å²) in [7, 11) is 0. The number of carbonyl (C=O) groups excluding carboxylic acids is 1. The molecule has 1 amide bonds. The first-order valence-electron chi connectivity index (χ1n) is 5.51. The van der Waals surface area contributed by atoms with Crippen LogP contribution in [0.1, 0.15) is 17.3 Å². The van der Waals surface area contributed by atoms with Crippen molar-refractivity contribution in [2.24, 2.45) is 5.73 Å². The highest BCUT2D eigenvalue weighted by atomic mass is 32.1. The highest BCUT2D eigenvalue weighted by molar-refractivity contribution is 7.10. The molecule has 7 heteroatoms. The third kappa shape index (κ3) is 2.38. The van der Waals surface area contributed by atoms with Crippen LogP contribution >= 0.6 is 11.3 Å². The van der Waals surface area contributed by atoms with Gasteiger partial charge in [-0.25, -0.2) is 4.79 Å². The number of thiophene rings is 1. The Kier molecular flexibility index (Phi) is 3.65. The van der Waals surface area contributed by atoms with E-state index >= 15 is 0 Å². The average Bonchev–Trinajstić information content (AvgIpc) is 2.95. The van der Waals surface area contributed by atoms with E-state index in [-0.39, 0.29) is 13.0 Å². The number of likely N-dealkylation sites (tertiary alicyclic amines) is 1. The van der Waals surface area contributed by atoms with Crippen LogP contribution < -0.4 is 5.73 Å². The SMILES string of the molecule is NC(C(=O)N1CC(O)CC1C(=O)O)c1cccs1. The third-order valence-electron chi connectivity index (χ3n) is 2.96. The molecule has 6 nitrogen and oxygen atoms in total. The second-order valence-corrected chi connectivity index (χ2v) is 5.21. The van der Waals surface area contributed by atoms with Crippen molar-refractivity contribution >= 4 is 23.2 Å². The van der Waals surface area contributed by atoms with Crippen LogP contribution in [0.2, 0.25) is 0 Å². The van der Waals surface area contributed by atoms with Gasteiger partial charge in [-0.05, 0) is 11.4 Å². The fourth-order valence-electron chi connectivity index (χ4n) is 2.06. The average molecular weight is 270 g/mol. The number of aliphatic carboxylic acids is 1. The van der Waals surface area contributed by atoms with E-state index in [9.17, 15) is 14.7 Å². The lowest BCUT2D eigenvalue weighted by Gasteiger charge is -2.24. The molecule has 3 unspecified atom stereocenters. The molecule has 0 radical (unpaired) electrons. The van der Waals surface area contributed by atoms with E-state index in [1.54, 1.807) is 17.5 Å². The third-order valence-corrected chi connectivity index (χ3v) is 3.92. The molecule has 1 saturated heterocycles. The minimum atomic E-state index is -1.11. The van der Waals surface area contributed by atoms with Gasteiger partial charge in [0.1, 0.15) is 12.1 Å². The first-order valence-corrected chi connectivity index (χ1v) is 6.39. The summed E-state index contributed by atoms with van der Waals surface area (Å²) in [5.41, 5.74) is 5.82. The number of hydrogen-bond donors (Lipinski definition) is 3. The van der Waals surface area contributed by atoms with Gasteiger partial charge in [0.25, 0.3) is 0 Å². The molecule has 0 aliphatic carbocycles. The molecule has 0 aromatic carbocycles. The van der Waals surface area contributed by atoms with Gasteiger partial charge in [0.15, 0.2) is 0 Å². The van der Waals surface area contributed by atoms with Crippen LogP contribution in [0.4, 0.5) is 0 Å². The van der Waals surface area contributed by atoms with Crippen molar-refractivity contribution in [1.82, 2.24) is 4.90 Å². The second kappa shape index (κ2) is 5.05. The molecule has 1 fully saturated rings. The number of carboxylic acids is 1. The van der Waals surface area contributed by atoms with Gasteiger partial charge in [0.05, 0.1) is 6.10 Å². The number of hydrogen-bond acceptors (Lipinski definition) is 5. The van der Waals surface area contributed by atoms with Crippen LogP contribution in [0.15, 0.2) is 17.5 Å². The standard InChI is InChI=1S/C11H14N2O4S/c12-9(8-2-1-3-18-8)10(15)13-5-6(14)4-7(13)11(16)17/h1-3,6-7,9,14H,4-5,12H2,(H,16,17). The Morgan fingerprint density at radius 1 is 1.56 bits per heavy atom. The molecular formula is C11H14N2O4S. The van der Waals surface area contributed by atoms with E-state index in [0.29, 0.717) is 4.88 Å². The highest BCUT2D eigenvalue weighted by Gasteiger charge is 2.40. The van der Waals surface area contributed by atoms with E-state index < -0.39 is 30.1 Å². The number of carbonyl (C=O) groups is 2. The van der Waals surface area contributed by atoms with Crippen LogP contribution in [0.5, 0.6) is 0 Å². The summed E-state index contributed by atoms with van der Waals surface area (Å²) < 4.78 is 0. The molecule has 0 bridgehead atoms. The van der Waals surface area contributed by atoms with Gasteiger partial charge >= 0.3 is 5.97 Å². The van der Waals surface area contributed by atoms with Gasteiger partial charge in [0, 0.05) is 17.8 Å². The molecule has 1 aromatic rings. The van der Waals surface area contributed by atoms with E-state index in [0.717, 1.165) is 4.90 Å². The minimum Gasteiger partial charge on any atom is -0.480 e. The molecule has 0 spiro atoms. The van der Waals surface area contributed by atoms with Gasteiger partial charge in [-0.15, -0.1) is 11.3 Å². The second-order valence-electron chi connectivity index (χ2n) is 4.23. The number of carboxylic acid groups (broad SMARTS) is 1. The van der Waals surface area contributed by atoms with Crippen LogP contribution in [0.25, 0.3) is 0 Å². The Morgan fingerprint density at radius 3 is 2.83 bits per heavy atom. The molecular weight excluding hydrogens is 256 g/mol. The summed E-state index contributed by atoms with van der Waals surface area (Å²) in [6.45, 7) is 0.0227. The van der Waals surface area contributed by atoms with Crippen molar-refractivity contribution in [3.8, 4) is 0 Å². The van der Waals surface area contributed by atoms with Gasteiger partial charge in [-0.1, -0.05) is 6.07 Å². The van der Waals surface area contributed by atoms with E-state index in [4.69, 9.17) is 10.8 Å². The van der Waals surface area contributed by atoms with Crippen LogP contribution in [-0.4, -0.2) is 45.7 Å². The minimum absolute atomic E-state index is 0.0227. The Morgan fingerprint density at radius 2 is 2.28 bits per heavy atom. The molecule has 2 rings (SSSR count). The van der Waals surface area contributed by atoms with E-state index in [1.165, 1.54) is 11.3 Å². The maximum atomic E-state index is 12.1. The normalized spacial score (nSPS) is 25.1. The fourth-order valence-corrected chi connectivity index (χ4v) is 2.78. The van der Waals surface area contributed by atoms with Crippen molar-refractivity contribution in [2.45, 2.75) is 24.6 Å². The maximum Gasteiger partial charge on any atom is 0.326 e. The number of β-amino-alcohol motifs (C(OH)–C–C–N with tert-alkyl or cyclic N) is 1. The molecule has 1 aromatic heterocycles. The summed E-state index contributed by atoms with van der Waals surface area (Å²) >= 11 is 1.35. The molecule has 1 aliphatic heterocycles.